The Balaban J connectivity index is 2.00. The van der Waals surface area contributed by atoms with Gasteiger partial charge in [-0.25, -0.2) is 4.79 Å². The molecule has 0 spiro atoms. The average molecular weight is 324 g/mol. The molecule has 1 aromatic heterocycles. The molecule has 0 unspecified atom stereocenters. The Kier molecular flexibility index (Phi) is 5.11. The highest BCUT2D eigenvalue weighted by Gasteiger charge is 2.12. The van der Waals surface area contributed by atoms with Gasteiger partial charge in [0, 0.05) is 19.8 Å². The first kappa shape index (κ1) is 16.0. The summed E-state index contributed by atoms with van der Waals surface area (Å²) in [7, 11) is 1.28. The van der Waals surface area contributed by atoms with Crippen molar-refractivity contribution in [2.45, 2.75) is 19.8 Å². The third-order valence-corrected chi connectivity index (χ3v) is 3.12. The first-order valence-corrected chi connectivity index (χ1v) is 6.84. The number of benzene rings is 1. The van der Waals surface area contributed by atoms with Crippen molar-refractivity contribution in [2.24, 2.45) is 0 Å². The fourth-order valence-corrected chi connectivity index (χ4v) is 1.90. The molecule has 0 aliphatic rings. The first-order chi connectivity index (χ1) is 10.5. The van der Waals surface area contributed by atoms with Gasteiger partial charge in [0.15, 0.2) is 0 Å². The minimum Gasteiger partial charge on any atom is -0.465 e. The minimum absolute atomic E-state index is 0.153. The summed E-state index contributed by atoms with van der Waals surface area (Å²) in [6.07, 6.45) is 0.474. The Morgan fingerprint density at radius 1 is 1.36 bits per heavy atom. The van der Waals surface area contributed by atoms with E-state index >= 15 is 0 Å². The molecular formula is C14H14ClN3O4. The van der Waals surface area contributed by atoms with E-state index in [0.29, 0.717) is 34.5 Å². The van der Waals surface area contributed by atoms with Gasteiger partial charge in [-0.3, -0.25) is 4.79 Å². The van der Waals surface area contributed by atoms with Crippen molar-refractivity contribution in [1.29, 1.82) is 0 Å². The number of nitrogens with zero attached hydrogens (tertiary/aromatic N) is 2. The van der Waals surface area contributed by atoms with Crippen molar-refractivity contribution in [1.82, 2.24) is 10.2 Å². The van der Waals surface area contributed by atoms with E-state index < -0.39 is 5.97 Å². The van der Waals surface area contributed by atoms with Crippen LogP contribution in [0.4, 0.5) is 5.69 Å². The smallest absolute Gasteiger partial charge is 0.337 e. The molecule has 0 saturated carbocycles. The molecule has 0 saturated heterocycles. The second-order valence-electron chi connectivity index (χ2n) is 4.45. The van der Waals surface area contributed by atoms with Gasteiger partial charge in [0.2, 0.25) is 17.7 Å². The quantitative estimate of drug-likeness (QED) is 0.849. The molecule has 1 amide bonds. The monoisotopic (exact) mass is 323 g/mol. The molecule has 1 heterocycles. The van der Waals surface area contributed by atoms with Gasteiger partial charge in [0.1, 0.15) is 0 Å². The molecule has 0 atom stereocenters. The van der Waals surface area contributed by atoms with Crippen molar-refractivity contribution < 1.29 is 18.7 Å². The second kappa shape index (κ2) is 7.04. The molecule has 7 nitrogen and oxygen atoms in total. The molecule has 0 radical (unpaired) electrons. The third kappa shape index (κ3) is 4.05. The molecule has 22 heavy (non-hydrogen) atoms. The molecule has 8 heteroatoms. The van der Waals surface area contributed by atoms with Crippen LogP contribution in [0.1, 0.15) is 28.6 Å². The molecule has 2 aromatic rings. The number of nitrogens with one attached hydrogen (secondary N) is 1. The van der Waals surface area contributed by atoms with Gasteiger partial charge in [-0.15, -0.1) is 10.2 Å². The lowest BCUT2D eigenvalue weighted by molar-refractivity contribution is -0.116. The number of rotatable bonds is 5. The highest BCUT2D eigenvalue weighted by Crippen LogP contribution is 2.23. The normalized spacial score (nSPS) is 10.3. The zero-order valence-corrected chi connectivity index (χ0v) is 12.8. The van der Waals surface area contributed by atoms with Gasteiger partial charge in [-0.05, 0) is 18.2 Å². The summed E-state index contributed by atoms with van der Waals surface area (Å²) in [6.45, 7) is 1.68. The van der Waals surface area contributed by atoms with Gasteiger partial charge >= 0.3 is 5.97 Å². The topological polar surface area (TPSA) is 94.3 Å². The van der Waals surface area contributed by atoms with E-state index in [0.717, 1.165) is 0 Å². The van der Waals surface area contributed by atoms with E-state index in [9.17, 15) is 9.59 Å². The summed E-state index contributed by atoms with van der Waals surface area (Å²) in [4.78, 5) is 23.4. The van der Waals surface area contributed by atoms with Gasteiger partial charge in [-0.1, -0.05) is 11.6 Å². The number of carbonyl (C=O) groups excluding carboxylic acids is 2. The Morgan fingerprint density at radius 2 is 2.14 bits per heavy atom. The lowest BCUT2D eigenvalue weighted by atomic mass is 10.2. The molecule has 0 fully saturated rings. The maximum Gasteiger partial charge on any atom is 0.337 e. The van der Waals surface area contributed by atoms with Crippen LogP contribution in [0.2, 0.25) is 5.02 Å². The Morgan fingerprint density at radius 3 is 2.77 bits per heavy atom. The number of aromatic nitrogens is 2. The first-order valence-electron chi connectivity index (χ1n) is 6.46. The molecule has 1 aromatic carbocycles. The number of hydrogen-bond acceptors (Lipinski definition) is 6. The maximum atomic E-state index is 11.9. The number of methoxy groups -OCH3 is 1. The van der Waals surface area contributed by atoms with Crippen LogP contribution in [0.3, 0.4) is 0 Å². The van der Waals surface area contributed by atoms with E-state index in [4.69, 9.17) is 16.0 Å². The summed E-state index contributed by atoms with van der Waals surface area (Å²) in [5.41, 5.74) is 0.644. The Bertz CT molecular complexity index is 699. The van der Waals surface area contributed by atoms with Crippen LogP contribution in [0.15, 0.2) is 22.6 Å². The predicted molar refractivity (Wildman–Crippen MR) is 78.8 cm³/mol. The van der Waals surface area contributed by atoms with E-state index in [1.54, 1.807) is 6.92 Å². The van der Waals surface area contributed by atoms with Crippen molar-refractivity contribution in [3.05, 3.63) is 40.6 Å². The minimum atomic E-state index is -0.506. The molecule has 2 rings (SSSR count). The van der Waals surface area contributed by atoms with Crippen molar-refractivity contribution in [3.8, 4) is 0 Å². The van der Waals surface area contributed by atoms with Gasteiger partial charge in [-0.2, -0.15) is 0 Å². The number of ether oxygens (including phenoxy) is 1. The average Bonchev–Trinajstić information content (AvgIpc) is 2.92. The lowest BCUT2D eigenvalue weighted by Crippen LogP contribution is -2.13. The molecule has 1 N–H and O–H groups in total. The van der Waals surface area contributed by atoms with Crippen LogP contribution < -0.4 is 5.32 Å². The summed E-state index contributed by atoms with van der Waals surface area (Å²) in [5.74, 6) is 0.0551. The van der Waals surface area contributed by atoms with Crippen LogP contribution in [0.5, 0.6) is 0 Å². The number of aryl methyl sites for hydroxylation is 2. The van der Waals surface area contributed by atoms with Crippen LogP contribution >= 0.6 is 11.6 Å². The Labute approximate surface area is 131 Å². The highest BCUT2D eigenvalue weighted by molar-refractivity contribution is 6.33. The van der Waals surface area contributed by atoms with Gasteiger partial charge in [0.05, 0.1) is 23.4 Å². The number of esters is 1. The van der Waals surface area contributed by atoms with Crippen LogP contribution in [-0.4, -0.2) is 29.2 Å². The number of carbonyl (C=O) groups is 2. The maximum absolute atomic E-state index is 11.9. The number of hydrogen-bond donors (Lipinski definition) is 1. The number of anilines is 1. The van der Waals surface area contributed by atoms with E-state index in [1.807, 2.05) is 0 Å². The lowest BCUT2D eigenvalue weighted by Gasteiger charge is -2.08. The van der Waals surface area contributed by atoms with Crippen LogP contribution in [0, 0.1) is 6.92 Å². The fourth-order valence-electron chi connectivity index (χ4n) is 1.74. The number of halogens is 1. The van der Waals surface area contributed by atoms with Gasteiger partial charge < -0.3 is 14.5 Å². The van der Waals surface area contributed by atoms with Crippen LogP contribution in [-0.2, 0) is 16.0 Å². The van der Waals surface area contributed by atoms with E-state index in [-0.39, 0.29) is 12.3 Å². The summed E-state index contributed by atoms with van der Waals surface area (Å²) < 4.78 is 9.80. The van der Waals surface area contributed by atoms with Crippen LogP contribution in [0.25, 0.3) is 0 Å². The molecule has 116 valence electrons. The standard InChI is InChI=1S/C14H14ClN3O4/c1-8-17-18-13(22-8)6-5-12(19)16-11-7-9(14(20)21-2)3-4-10(11)15/h3-4,7H,5-6H2,1-2H3,(H,16,19). The van der Waals surface area contributed by atoms with Gasteiger partial charge in [0.25, 0.3) is 0 Å². The zero-order valence-electron chi connectivity index (χ0n) is 12.1. The third-order valence-electron chi connectivity index (χ3n) is 2.80. The molecule has 0 aliphatic carbocycles. The molecule has 0 bridgehead atoms. The van der Waals surface area contributed by atoms with E-state index in [1.165, 1.54) is 25.3 Å². The summed E-state index contributed by atoms with van der Waals surface area (Å²) >= 11 is 6.00. The zero-order chi connectivity index (χ0) is 16.1. The largest absolute Gasteiger partial charge is 0.465 e. The van der Waals surface area contributed by atoms with Crippen molar-refractivity contribution >= 4 is 29.2 Å². The highest BCUT2D eigenvalue weighted by atomic mass is 35.5. The molecular weight excluding hydrogens is 310 g/mol. The number of amides is 1. The predicted octanol–water partition coefficient (Wildman–Crippen LogP) is 2.39. The van der Waals surface area contributed by atoms with Crippen molar-refractivity contribution in [2.75, 3.05) is 12.4 Å². The second-order valence-corrected chi connectivity index (χ2v) is 4.86. The SMILES string of the molecule is COC(=O)c1ccc(Cl)c(NC(=O)CCc2nnc(C)o2)c1. The van der Waals surface area contributed by atoms with Crippen molar-refractivity contribution in [3.63, 3.8) is 0 Å². The summed E-state index contributed by atoms with van der Waals surface area (Å²) in [5, 5.41) is 10.5. The molecule has 0 aliphatic heterocycles. The summed E-state index contributed by atoms with van der Waals surface area (Å²) in [6, 6.07) is 4.50. The Hall–Kier alpha value is -2.41. The fraction of sp³-hybridized carbons (Fsp3) is 0.286. The van der Waals surface area contributed by atoms with E-state index in [2.05, 4.69) is 20.3 Å².